The number of hydrogen-bond donors (Lipinski definition) is 2. The van der Waals surface area contributed by atoms with Crippen LogP contribution in [0.5, 0.6) is 11.5 Å². The molecule has 2 N–H and O–H groups in total. The van der Waals surface area contributed by atoms with Crippen LogP contribution in [0.4, 0.5) is 11.4 Å². The number of ether oxygens (including phenoxy) is 2. The molecule has 2 unspecified atom stereocenters. The van der Waals surface area contributed by atoms with Crippen LogP contribution in [0, 0.1) is 6.92 Å². The minimum Gasteiger partial charge on any atom is -0.493 e. The fourth-order valence-electron chi connectivity index (χ4n) is 4.96. The van der Waals surface area contributed by atoms with Gasteiger partial charge in [-0.3, -0.25) is 4.79 Å². The molecule has 0 radical (unpaired) electrons. The minimum atomic E-state index is -0.290. The van der Waals surface area contributed by atoms with Crippen LogP contribution in [0.1, 0.15) is 48.4 Å². The van der Waals surface area contributed by atoms with Gasteiger partial charge in [-0.05, 0) is 61.6 Å². The molecular weight excluding hydrogens is 424 g/mol. The molecule has 1 aliphatic heterocycles. The standard InChI is InChI=1S/C29H30N2O3/c1-4-34-26-14-13-20(17-27(26)33-3)29-28-24(30-22-7-5-6-8-23(22)31-29)15-21(16-25(28)32)19-11-9-18(2)10-12-19/h5-14,17,21,29-31H,4,15-16H2,1-3H3. The summed E-state index contributed by atoms with van der Waals surface area (Å²) in [6.07, 6.45) is 1.27. The van der Waals surface area contributed by atoms with Crippen LogP contribution in [0.25, 0.3) is 0 Å². The first-order valence-electron chi connectivity index (χ1n) is 11.8. The van der Waals surface area contributed by atoms with E-state index in [1.807, 2.05) is 49.4 Å². The second-order valence-corrected chi connectivity index (χ2v) is 8.92. The predicted molar refractivity (Wildman–Crippen MR) is 136 cm³/mol. The number of aryl methyl sites for hydroxylation is 1. The largest absolute Gasteiger partial charge is 0.493 e. The topological polar surface area (TPSA) is 59.6 Å². The van der Waals surface area contributed by atoms with E-state index in [4.69, 9.17) is 9.47 Å². The number of Topliss-reactive ketones (excluding diaryl/α,β-unsaturated/α-hetero) is 1. The predicted octanol–water partition coefficient (Wildman–Crippen LogP) is 6.38. The van der Waals surface area contributed by atoms with Crippen molar-refractivity contribution in [3.8, 4) is 11.5 Å². The van der Waals surface area contributed by atoms with E-state index >= 15 is 0 Å². The molecule has 0 aromatic heterocycles. The monoisotopic (exact) mass is 454 g/mol. The van der Waals surface area contributed by atoms with Gasteiger partial charge in [0.05, 0.1) is 31.1 Å². The van der Waals surface area contributed by atoms with E-state index in [0.29, 0.717) is 24.5 Å². The lowest BCUT2D eigenvalue weighted by atomic mass is 9.78. The summed E-state index contributed by atoms with van der Waals surface area (Å²) in [6.45, 7) is 4.59. The summed E-state index contributed by atoms with van der Waals surface area (Å²) in [7, 11) is 1.64. The molecule has 34 heavy (non-hydrogen) atoms. The zero-order chi connectivity index (χ0) is 23.7. The lowest BCUT2D eigenvalue weighted by Gasteiger charge is -2.30. The van der Waals surface area contributed by atoms with Gasteiger partial charge in [0.2, 0.25) is 0 Å². The number of anilines is 2. The van der Waals surface area contributed by atoms with E-state index in [2.05, 4.69) is 41.8 Å². The van der Waals surface area contributed by atoms with Crippen LogP contribution >= 0.6 is 0 Å². The molecule has 5 nitrogen and oxygen atoms in total. The van der Waals surface area contributed by atoms with Crippen molar-refractivity contribution in [2.75, 3.05) is 24.4 Å². The number of para-hydroxylation sites is 2. The Kier molecular flexibility index (Phi) is 6.01. The average Bonchev–Trinajstić information content (AvgIpc) is 3.02. The summed E-state index contributed by atoms with van der Waals surface area (Å²) >= 11 is 0. The highest BCUT2D eigenvalue weighted by atomic mass is 16.5. The van der Waals surface area contributed by atoms with Gasteiger partial charge in [-0.1, -0.05) is 48.0 Å². The molecule has 0 amide bonds. The van der Waals surface area contributed by atoms with Crippen LogP contribution < -0.4 is 20.1 Å². The van der Waals surface area contributed by atoms with Gasteiger partial charge < -0.3 is 20.1 Å². The van der Waals surface area contributed by atoms with E-state index in [1.54, 1.807) is 7.11 Å². The second-order valence-electron chi connectivity index (χ2n) is 8.92. The third-order valence-electron chi connectivity index (χ3n) is 6.68. The van der Waals surface area contributed by atoms with Crippen molar-refractivity contribution in [1.82, 2.24) is 0 Å². The fraction of sp³-hybridized carbons (Fsp3) is 0.276. The van der Waals surface area contributed by atoms with Crippen LogP contribution in [0.15, 0.2) is 78.0 Å². The Morgan fingerprint density at radius 2 is 1.65 bits per heavy atom. The van der Waals surface area contributed by atoms with Gasteiger partial charge in [0, 0.05) is 17.7 Å². The van der Waals surface area contributed by atoms with E-state index in [9.17, 15) is 4.79 Å². The Labute approximate surface area is 200 Å². The number of benzene rings is 3. The van der Waals surface area contributed by atoms with Crippen LogP contribution in [0.2, 0.25) is 0 Å². The number of carbonyl (C=O) groups excluding carboxylic acids is 1. The van der Waals surface area contributed by atoms with Crippen molar-refractivity contribution in [3.63, 3.8) is 0 Å². The molecule has 2 aliphatic rings. The molecule has 3 aromatic carbocycles. The molecule has 0 fully saturated rings. The zero-order valence-corrected chi connectivity index (χ0v) is 19.9. The third-order valence-corrected chi connectivity index (χ3v) is 6.68. The summed E-state index contributed by atoms with van der Waals surface area (Å²) in [5.41, 5.74) is 7.12. The van der Waals surface area contributed by atoms with Crippen LogP contribution in [0.3, 0.4) is 0 Å². The summed E-state index contributed by atoms with van der Waals surface area (Å²) in [4.78, 5) is 13.7. The fourth-order valence-corrected chi connectivity index (χ4v) is 4.96. The Morgan fingerprint density at radius 3 is 2.38 bits per heavy atom. The number of allylic oxidation sites excluding steroid dienone is 1. The molecule has 2 atom stereocenters. The van der Waals surface area contributed by atoms with E-state index in [-0.39, 0.29) is 17.7 Å². The number of carbonyl (C=O) groups is 1. The van der Waals surface area contributed by atoms with Crippen molar-refractivity contribution < 1.29 is 14.3 Å². The number of methoxy groups -OCH3 is 1. The quantitative estimate of drug-likeness (QED) is 0.468. The first kappa shape index (κ1) is 22.1. The number of hydrogen-bond acceptors (Lipinski definition) is 5. The average molecular weight is 455 g/mol. The van der Waals surface area contributed by atoms with Crippen molar-refractivity contribution in [2.45, 2.75) is 38.6 Å². The Hall–Kier alpha value is -3.73. The SMILES string of the molecule is CCOc1ccc(C2Nc3ccccc3NC3=C2C(=O)CC(c2ccc(C)cc2)C3)cc1OC. The zero-order valence-electron chi connectivity index (χ0n) is 19.9. The normalized spacial score (nSPS) is 19.3. The van der Waals surface area contributed by atoms with Gasteiger partial charge in [0.1, 0.15) is 0 Å². The molecule has 174 valence electrons. The van der Waals surface area contributed by atoms with E-state index < -0.39 is 0 Å². The van der Waals surface area contributed by atoms with Gasteiger partial charge in [-0.2, -0.15) is 0 Å². The third kappa shape index (κ3) is 4.14. The van der Waals surface area contributed by atoms with Crippen LogP contribution in [-0.4, -0.2) is 19.5 Å². The molecule has 0 saturated carbocycles. The van der Waals surface area contributed by atoms with E-state index in [0.717, 1.165) is 34.6 Å². The summed E-state index contributed by atoms with van der Waals surface area (Å²) < 4.78 is 11.3. The molecule has 5 rings (SSSR count). The van der Waals surface area contributed by atoms with Crippen molar-refractivity contribution >= 4 is 17.2 Å². The highest BCUT2D eigenvalue weighted by Gasteiger charge is 2.36. The maximum Gasteiger partial charge on any atom is 0.163 e. The summed E-state index contributed by atoms with van der Waals surface area (Å²) in [6, 6.07) is 22.3. The molecule has 1 heterocycles. The summed E-state index contributed by atoms with van der Waals surface area (Å²) in [5.74, 6) is 1.68. The maximum absolute atomic E-state index is 13.7. The molecule has 3 aromatic rings. The number of ketones is 1. The molecule has 5 heteroatoms. The van der Waals surface area contributed by atoms with Gasteiger partial charge in [-0.25, -0.2) is 0 Å². The van der Waals surface area contributed by atoms with Crippen molar-refractivity contribution in [3.05, 3.63) is 94.7 Å². The van der Waals surface area contributed by atoms with E-state index in [1.165, 1.54) is 11.1 Å². The summed E-state index contributed by atoms with van der Waals surface area (Å²) in [5, 5.41) is 7.24. The number of fused-ring (bicyclic) bond motifs is 1. The van der Waals surface area contributed by atoms with Gasteiger partial charge in [0.15, 0.2) is 17.3 Å². The first-order chi connectivity index (χ1) is 16.6. The molecule has 1 aliphatic carbocycles. The smallest absolute Gasteiger partial charge is 0.163 e. The Balaban J connectivity index is 1.59. The Bertz CT molecular complexity index is 1250. The van der Waals surface area contributed by atoms with Gasteiger partial charge >= 0.3 is 0 Å². The van der Waals surface area contributed by atoms with Crippen molar-refractivity contribution in [2.24, 2.45) is 0 Å². The lowest BCUT2D eigenvalue weighted by molar-refractivity contribution is -0.116. The number of nitrogens with one attached hydrogen (secondary N) is 2. The highest BCUT2D eigenvalue weighted by molar-refractivity contribution is 6.01. The first-order valence-corrected chi connectivity index (χ1v) is 11.8. The van der Waals surface area contributed by atoms with Gasteiger partial charge in [0.25, 0.3) is 0 Å². The highest BCUT2D eigenvalue weighted by Crippen LogP contribution is 2.45. The molecule has 0 bridgehead atoms. The second kappa shape index (κ2) is 9.26. The van der Waals surface area contributed by atoms with Gasteiger partial charge in [-0.15, -0.1) is 0 Å². The maximum atomic E-state index is 13.7. The Morgan fingerprint density at radius 1 is 0.912 bits per heavy atom. The lowest BCUT2D eigenvalue weighted by Crippen LogP contribution is -2.26. The molecular formula is C29H30N2O3. The number of rotatable bonds is 5. The molecule has 0 spiro atoms. The van der Waals surface area contributed by atoms with Crippen molar-refractivity contribution in [1.29, 1.82) is 0 Å². The molecule has 0 saturated heterocycles. The minimum absolute atomic E-state index is 0.153. The van der Waals surface area contributed by atoms with Crippen LogP contribution in [-0.2, 0) is 4.79 Å².